The van der Waals surface area contributed by atoms with Crippen LogP contribution < -0.4 is 4.74 Å². The Kier molecular flexibility index (Phi) is 5.42. The van der Waals surface area contributed by atoms with Crippen LogP contribution in [0.2, 0.25) is 0 Å². The van der Waals surface area contributed by atoms with Gasteiger partial charge in [0.25, 0.3) is 0 Å². The predicted octanol–water partition coefficient (Wildman–Crippen LogP) is 4.62. The van der Waals surface area contributed by atoms with E-state index in [9.17, 15) is 15.0 Å². The Morgan fingerprint density at radius 2 is 1.93 bits per heavy atom. The molecule has 3 N–H and O–H groups in total. The smallest absolute Gasteiger partial charge is 0.182 e. The number of hydrogen-bond donors (Lipinski definition) is 3. The Balaban J connectivity index is 1.69. The van der Waals surface area contributed by atoms with Gasteiger partial charge in [-0.05, 0) is 47.6 Å². The second kappa shape index (κ2) is 8.10. The van der Waals surface area contributed by atoms with Crippen molar-refractivity contribution < 1.29 is 19.7 Å². The Morgan fingerprint density at radius 1 is 1.11 bits per heavy atom. The van der Waals surface area contributed by atoms with E-state index in [1.165, 1.54) is 25.3 Å². The van der Waals surface area contributed by atoms with E-state index in [0.29, 0.717) is 11.3 Å². The van der Waals surface area contributed by atoms with E-state index in [1.807, 2.05) is 30.5 Å². The summed E-state index contributed by atoms with van der Waals surface area (Å²) in [5.41, 5.74) is 2.62. The van der Waals surface area contributed by atoms with E-state index >= 15 is 0 Å². The van der Waals surface area contributed by atoms with E-state index < -0.39 is 0 Å². The molecule has 0 radical (unpaired) electrons. The quantitative estimate of drug-likeness (QED) is 0.340. The van der Waals surface area contributed by atoms with Crippen LogP contribution in [-0.4, -0.2) is 28.1 Å². The number of phenols is 1. The summed E-state index contributed by atoms with van der Waals surface area (Å²) in [5.74, 6) is -0.146. The molecule has 3 rings (SSSR count). The normalized spacial score (nSPS) is 12.3. The van der Waals surface area contributed by atoms with Crippen LogP contribution in [0.1, 0.15) is 11.1 Å². The van der Waals surface area contributed by atoms with E-state index in [-0.39, 0.29) is 17.3 Å². The Labute approximate surface area is 156 Å². The predicted molar refractivity (Wildman–Crippen MR) is 107 cm³/mol. The highest BCUT2D eigenvalue weighted by atomic mass is 16.5. The van der Waals surface area contributed by atoms with Gasteiger partial charge in [-0.15, -0.1) is 0 Å². The molecule has 0 aliphatic rings. The molecular formula is C22H19NO4. The van der Waals surface area contributed by atoms with Gasteiger partial charge < -0.3 is 19.9 Å². The zero-order valence-electron chi connectivity index (χ0n) is 14.7. The minimum absolute atomic E-state index is 0.0286. The zero-order chi connectivity index (χ0) is 19.2. The molecule has 0 aliphatic carbocycles. The number of aliphatic hydroxyl groups is 1. The number of methoxy groups -OCH3 is 1. The first-order chi connectivity index (χ1) is 13.1. The van der Waals surface area contributed by atoms with Crippen molar-refractivity contribution in [3.8, 4) is 11.5 Å². The number of H-pyrrole nitrogens is 1. The van der Waals surface area contributed by atoms with E-state index in [0.717, 1.165) is 22.5 Å². The summed E-state index contributed by atoms with van der Waals surface area (Å²) in [6.07, 6.45) is 9.12. The third-order valence-electron chi connectivity index (χ3n) is 3.99. The number of aliphatic hydroxyl groups excluding tert-OH is 1. The fraction of sp³-hybridized carbons (Fsp3) is 0.0455. The summed E-state index contributed by atoms with van der Waals surface area (Å²) < 4.78 is 5.02. The number of aromatic hydroxyl groups is 1. The first-order valence-corrected chi connectivity index (χ1v) is 8.31. The van der Waals surface area contributed by atoms with Gasteiger partial charge in [0.2, 0.25) is 0 Å². The number of phenolic OH excluding ortho intramolecular Hbond substituents is 1. The molecule has 136 valence electrons. The van der Waals surface area contributed by atoms with Gasteiger partial charge in [0.05, 0.1) is 7.11 Å². The maximum absolute atomic E-state index is 12.0. The molecular weight excluding hydrogens is 342 g/mol. The minimum Gasteiger partial charge on any atom is -0.508 e. The van der Waals surface area contributed by atoms with Gasteiger partial charge in [0.1, 0.15) is 5.76 Å². The Morgan fingerprint density at radius 3 is 2.74 bits per heavy atom. The van der Waals surface area contributed by atoms with Crippen LogP contribution in [0.5, 0.6) is 11.5 Å². The molecule has 0 spiro atoms. The van der Waals surface area contributed by atoms with Crippen LogP contribution in [0.4, 0.5) is 0 Å². The topological polar surface area (TPSA) is 82.5 Å². The number of rotatable bonds is 6. The molecule has 0 fully saturated rings. The van der Waals surface area contributed by atoms with Crippen LogP contribution in [0.3, 0.4) is 0 Å². The van der Waals surface area contributed by atoms with Crippen LogP contribution in [0.15, 0.2) is 72.6 Å². The summed E-state index contributed by atoms with van der Waals surface area (Å²) in [7, 11) is 1.45. The first-order valence-electron chi connectivity index (χ1n) is 8.31. The van der Waals surface area contributed by atoms with Crippen LogP contribution in [-0.2, 0) is 4.79 Å². The number of hydrogen-bond acceptors (Lipinski definition) is 4. The van der Waals surface area contributed by atoms with Crippen LogP contribution >= 0.6 is 0 Å². The van der Waals surface area contributed by atoms with Gasteiger partial charge in [0, 0.05) is 23.2 Å². The molecule has 3 aromatic rings. The molecule has 0 saturated heterocycles. The molecule has 0 unspecified atom stereocenters. The molecule has 1 aromatic heterocycles. The van der Waals surface area contributed by atoms with E-state index in [2.05, 4.69) is 4.98 Å². The molecule has 1 heterocycles. The van der Waals surface area contributed by atoms with Crippen molar-refractivity contribution in [3.63, 3.8) is 0 Å². The van der Waals surface area contributed by atoms with Gasteiger partial charge in [-0.2, -0.15) is 0 Å². The average Bonchev–Trinajstić information content (AvgIpc) is 3.09. The van der Waals surface area contributed by atoms with Crippen LogP contribution in [0.25, 0.3) is 23.1 Å². The average molecular weight is 361 g/mol. The van der Waals surface area contributed by atoms with E-state index in [4.69, 9.17) is 4.74 Å². The second-order valence-electron chi connectivity index (χ2n) is 5.86. The highest BCUT2D eigenvalue weighted by molar-refractivity contribution is 6.02. The molecule has 5 heteroatoms. The number of aromatic amines is 1. The molecule has 2 aromatic carbocycles. The van der Waals surface area contributed by atoms with Crippen molar-refractivity contribution in [2.75, 3.05) is 7.11 Å². The number of carbonyl (C=O) groups excluding carboxylic acids is 1. The summed E-state index contributed by atoms with van der Waals surface area (Å²) in [6.45, 7) is 0. The molecule has 0 amide bonds. The lowest BCUT2D eigenvalue weighted by molar-refractivity contribution is -0.110. The molecule has 0 saturated carbocycles. The second-order valence-corrected chi connectivity index (χ2v) is 5.86. The highest BCUT2D eigenvalue weighted by Crippen LogP contribution is 2.26. The number of nitrogens with one attached hydrogen (secondary N) is 1. The number of allylic oxidation sites excluding steroid dienone is 3. The highest BCUT2D eigenvalue weighted by Gasteiger charge is 2.02. The summed E-state index contributed by atoms with van der Waals surface area (Å²) in [4.78, 5) is 15.1. The lowest BCUT2D eigenvalue weighted by atomic mass is 10.1. The fourth-order valence-corrected chi connectivity index (χ4v) is 2.63. The van der Waals surface area contributed by atoms with Gasteiger partial charge in [0.15, 0.2) is 17.3 Å². The van der Waals surface area contributed by atoms with Crippen molar-refractivity contribution in [2.45, 2.75) is 0 Å². The molecule has 5 nitrogen and oxygen atoms in total. The standard InChI is InChI=1S/C22H19NO4/c1-27-22-12-15(7-11-21(22)26)6-9-17(24)13-18(25)10-8-16-14-23-20-5-3-2-4-19(16)20/h2-14,23,25-26H,1H3/b9-6+,10-8+,18-13-. The maximum Gasteiger partial charge on any atom is 0.182 e. The van der Waals surface area contributed by atoms with Crippen molar-refractivity contribution in [1.82, 2.24) is 4.98 Å². The lowest BCUT2D eigenvalue weighted by Gasteiger charge is -2.03. The summed E-state index contributed by atoms with van der Waals surface area (Å²) in [6, 6.07) is 12.6. The monoisotopic (exact) mass is 361 g/mol. The number of aromatic nitrogens is 1. The number of benzene rings is 2. The van der Waals surface area contributed by atoms with Crippen molar-refractivity contribution >= 4 is 28.8 Å². The molecule has 0 bridgehead atoms. The third kappa shape index (κ3) is 4.46. The number of carbonyl (C=O) groups is 1. The third-order valence-corrected chi connectivity index (χ3v) is 3.99. The van der Waals surface area contributed by atoms with Crippen molar-refractivity contribution in [2.24, 2.45) is 0 Å². The fourth-order valence-electron chi connectivity index (χ4n) is 2.63. The Bertz CT molecular complexity index is 1060. The van der Waals surface area contributed by atoms with E-state index in [1.54, 1.807) is 24.3 Å². The lowest BCUT2D eigenvalue weighted by Crippen LogP contribution is -1.89. The van der Waals surface area contributed by atoms with Crippen molar-refractivity contribution in [3.05, 3.63) is 83.8 Å². The molecule has 0 aliphatic heterocycles. The van der Waals surface area contributed by atoms with Crippen molar-refractivity contribution in [1.29, 1.82) is 0 Å². The summed E-state index contributed by atoms with van der Waals surface area (Å²) >= 11 is 0. The number of ether oxygens (including phenoxy) is 1. The molecule has 0 atom stereocenters. The van der Waals surface area contributed by atoms with Gasteiger partial charge in [-0.1, -0.05) is 30.3 Å². The van der Waals surface area contributed by atoms with Gasteiger partial charge in [-0.3, -0.25) is 4.79 Å². The number of ketones is 1. The largest absolute Gasteiger partial charge is 0.508 e. The number of para-hydroxylation sites is 1. The first kappa shape index (κ1) is 18.1. The molecule has 27 heavy (non-hydrogen) atoms. The van der Waals surface area contributed by atoms with Gasteiger partial charge >= 0.3 is 0 Å². The van der Waals surface area contributed by atoms with Crippen LogP contribution in [0, 0.1) is 0 Å². The minimum atomic E-state index is -0.358. The Hall–Kier alpha value is -3.73. The maximum atomic E-state index is 12.0. The zero-order valence-corrected chi connectivity index (χ0v) is 14.7. The number of fused-ring (bicyclic) bond motifs is 1. The summed E-state index contributed by atoms with van der Waals surface area (Å²) in [5, 5.41) is 20.6. The van der Waals surface area contributed by atoms with Gasteiger partial charge in [-0.25, -0.2) is 0 Å². The SMILES string of the molecule is COc1cc(/C=C/C(=O)/C=C(O)/C=C/c2c[nH]c3ccccc23)ccc1O.